The summed E-state index contributed by atoms with van der Waals surface area (Å²) in [5.41, 5.74) is 0.844. The van der Waals surface area contributed by atoms with E-state index in [0.717, 1.165) is 37.9 Å². The lowest BCUT2D eigenvalue weighted by atomic mass is 10.0. The second-order valence-electron chi connectivity index (χ2n) is 7.14. The first kappa shape index (κ1) is 21.5. The molecule has 0 aliphatic carbocycles. The quantitative estimate of drug-likeness (QED) is 0.726. The lowest BCUT2D eigenvalue weighted by Gasteiger charge is -2.39. The van der Waals surface area contributed by atoms with Crippen LogP contribution < -0.4 is 5.32 Å². The first-order valence-corrected chi connectivity index (χ1v) is 9.99. The van der Waals surface area contributed by atoms with Crippen molar-refractivity contribution in [1.82, 2.24) is 15.1 Å². The highest BCUT2D eigenvalue weighted by molar-refractivity contribution is 6.30. The summed E-state index contributed by atoms with van der Waals surface area (Å²) in [7, 11) is 2.17. The van der Waals surface area contributed by atoms with Crippen LogP contribution in [0.1, 0.15) is 38.7 Å². The van der Waals surface area contributed by atoms with Crippen LogP contribution in [0.2, 0.25) is 5.02 Å². The molecule has 6 heteroatoms. The van der Waals surface area contributed by atoms with Crippen molar-refractivity contribution in [3.63, 3.8) is 0 Å². The minimum absolute atomic E-state index is 0.0239. The Morgan fingerprint density at radius 3 is 2.70 bits per heavy atom. The van der Waals surface area contributed by atoms with Crippen molar-refractivity contribution in [1.29, 1.82) is 0 Å². The maximum Gasteiger partial charge on any atom is 0.244 e. The molecule has 1 aromatic carbocycles. The van der Waals surface area contributed by atoms with E-state index in [4.69, 9.17) is 11.6 Å². The van der Waals surface area contributed by atoms with Gasteiger partial charge in [0.1, 0.15) is 0 Å². The number of nitrogens with one attached hydrogen (secondary N) is 1. The summed E-state index contributed by atoms with van der Waals surface area (Å²) >= 11 is 5.92. The molecule has 1 N–H and O–H groups in total. The van der Waals surface area contributed by atoms with Gasteiger partial charge in [-0.05, 0) is 57.0 Å². The topological polar surface area (TPSA) is 52.6 Å². The average Bonchev–Trinajstić information content (AvgIpc) is 2.69. The van der Waals surface area contributed by atoms with Crippen molar-refractivity contribution in [2.75, 3.05) is 26.7 Å². The standard InChI is InChI=1S/C21H30ClN3O2/c1-4-16(2)24(3)19-10-12-25(13-11-19)21(27)15-23-20(26)9-8-17-6-5-7-18(22)14-17/h5-9,14,16,19H,4,10-13,15H2,1-3H3,(H,23,26)/b9-8+. The van der Waals surface area contributed by atoms with E-state index in [0.29, 0.717) is 17.1 Å². The molecule has 148 valence electrons. The van der Waals surface area contributed by atoms with E-state index in [1.165, 1.54) is 6.08 Å². The molecule has 27 heavy (non-hydrogen) atoms. The number of halogens is 1. The molecule has 0 aromatic heterocycles. The SMILES string of the molecule is CCC(C)N(C)C1CCN(C(=O)CNC(=O)/C=C/c2cccc(Cl)c2)CC1. The fourth-order valence-corrected chi connectivity index (χ4v) is 3.48. The van der Waals surface area contributed by atoms with Crippen LogP contribution in [-0.4, -0.2) is 60.4 Å². The summed E-state index contributed by atoms with van der Waals surface area (Å²) in [6, 6.07) is 8.33. The fourth-order valence-electron chi connectivity index (χ4n) is 3.29. The van der Waals surface area contributed by atoms with Gasteiger partial charge < -0.3 is 15.1 Å². The largest absolute Gasteiger partial charge is 0.343 e. The molecule has 1 saturated heterocycles. The first-order valence-electron chi connectivity index (χ1n) is 9.62. The van der Waals surface area contributed by atoms with Crippen molar-refractivity contribution in [3.8, 4) is 0 Å². The molecule has 5 nitrogen and oxygen atoms in total. The van der Waals surface area contributed by atoms with E-state index in [-0.39, 0.29) is 18.4 Å². The Balaban J connectivity index is 1.74. The molecule has 2 rings (SSSR count). The Labute approximate surface area is 167 Å². The zero-order valence-corrected chi connectivity index (χ0v) is 17.2. The van der Waals surface area contributed by atoms with E-state index in [9.17, 15) is 9.59 Å². The number of hydrogen-bond donors (Lipinski definition) is 1. The van der Waals surface area contributed by atoms with Gasteiger partial charge in [-0.2, -0.15) is 0 Å². The molecule has 0 bridgehead atoms. The molecular formula is C21H30ClN3O2. The molecule has 1 aromatic rings. The van der Waals surface area contributed by atoms with Crippen LogP contribution in [0.4, 0.5) is 0 Å². The lowest BCUT2D eigenvalue weighted by Crippen LogP contribution is -2.49. The number of likely N-dealkylation sites (tertiary alicyclic amines) is 1. The molecule has 1 fully saturated rings. The second-order valence-corrected chi connectivity index (χ2v) is 7.58. The average molecular weight is 392 g/mol. The smallest absolute Gasteiger partial charge is 0.244 e. The maximum atomic E-state index is 12.3. The van der Waals surface area contributed by atoms with Crippen molar-refractivity contribution >= 4 is 29.5 Å². The zero-order chi connectivity index (χ0) is 19.8. The monoisotopic (exact) mass is 391 g/mol. The Morgan fingerprint density at radius 2 is 2.07 bits per heavy atom. The molecular weight excluding hydrogens is 362 g/mol. The lowest BCUT2D eigenvalue weighted by molar-refractivity contribution is -0.133. The third-order valence-corrected chi connectivity index (χ3v) is 5.60. The van der Waals surface area contributed by atoms with E-state index in [1.807, 2.05) is 17.0 Å². The van der Waals surface area contributed by atoms with Crippen LogP contribution in [0.3, 0.4) is 0 Å². The number of nitrogens with zero attached hydrogens (tertiary/aromatic N) is 2. The molecule has 1 aliphatic heterocycles. The van der Waals surface area contributed by atoms with Gasteiger partial charge in [-0.3, -0.25) is 9.59 Å². The Morgan fingerprint density at radius 1 is 1.37 bits per heavy atom. The van der Waals surface area contributed by atoms with Crippen LogP contribution >= 0.6 is 11.6 Å². The third-order valence-electron chi connectivity index (χ3n) is 5.37. The Bertz CT molecular complexity index is 669. The first-order chi connectivity index (χ1) is 12.9. The maximum absolute atomic E-state index is 12.3. The summed E-state index contributed by atoms with van der Waals surface area (Å²) in [5, 5.41) is 3.29. The minimum Gasteiger partial charge on any atom is -0.343 e. The van der Waals surface area contributed by atoms with E-state index in [1.54, 1.807) is 18.2 Å². The number of hydrogen-bond acceptors (Lipinski definition) is 3. The van der Waals surface area contributed by atoms with Gasteiger partial charge in [-0.15, -0.1) is 0 Å². The second kappa shape index (κ2) is 10.5. The van der Waals surface area contributed by atoms with Crippen LogP contribution in [0, 0.1) is 0 Å². The normalized spacial score (nSPS) is 16.7. The molecule has 0 spiro atoms. The summed E-state index contributed by atoms with van der Waals surface area (Å²) in [4.78, 5) is 28.5. The highest BCUT2D eigenvalue weighted by Crippen LogP contribution is 2.18. The van der Waals surface area contributed by atoms with Crippen LogP contribution in [0.15, 0.2) is 30.3 Å². The summed E-state index contributed by atoms with van der Waals surface area (Å²) in [6.07, 6.45) is 6.20. The third kappa shape index (κ3) is 6.67. The number of amides is 2. The molecule has 1 aliphatic rings. The number of piperidine rings is 1. The molecule has 1 unspecified atom stereocenters. The number of carbonyl (C=O) groups excluding carboxylic acids is 2. The van der Waals surface area contributed by atoms with Gasteiger partial charge >= 0.3 is 0 Å². The molecule has 1 heterocycles. The van der Waals surface area contributed by atoms with Gasteiger partial charge in [0, 0.05) is 36.3 Å². The highest BCUT2D eigenvalue weighted by Gasteiger charge is 2.26. The Kier molecular flexibility index (Phi) is 8.32. The van der Waals surface area contributed by atoms with Crippen molar-refractivity contribution in [3.05, 3.63) is 40.9 Å². The van der Waals surface area contributed by atoms with Gasteiger partial charge in [-0.1, -0.05) is 30.7 Å². The summed E-state index contributed by atoms with van der Waals surface area (Å²) in [5.74, 6) is -0.307. The van der Waals surface area contributed by atoms with Gasteiger partial charge in [0.2, 0.25) is 11.8 Å². The minimum atomic E-state index is -0.283. The van der Waals surface area contributed by atoms with Crippen LogP contribution in [0.5, 0.6) is 0 Å². The zero-order valence-electron chi connectivity index (χ0n) is 16.5. The fraction of sp³-hybridized carbons (Fsp3) is 0.524. The van der Waals surface area contributed by atoms with Gasteiger partial charge in [0.25, 0.3) is 0 Å². The summed E-state index contributed by atoms with van der Waals surface area (Å²) < 4.78 is 0. The van der Waals surface area contributed by atoms with Crippen molar-refractivity contribution < 1.29 is 9.59 Å². The van der Waals surface area contributed by atoms with Crippen LogP contribution in [-0.2, 0) is 9.59 Å². The van der Waals surface area contributed by atoms with Crippen LogP contribution in [0.25, 0.3) is 6.08 Å². The van der Waals surface area contributed by atoms with Gasteiger partial charge in [0.05, 0.1) is 6.54 Å². The van der Waals surface area contributed by atoms with Gasteiger partial charge in [0.15, 0.2) is 0 Å². The van der Waals surface area contributed by atoms with Crippen molar-refractivity contribution in [2.24, 2.45) is 0 Å². The molecule has 2 amide bonds. The number of rotatable bonds is 7. The molecule has 0 saturated carbocycles. The number of carbonyl (C=O) groups is 2. The van der Waals surface area contributed by atoms with E-state index < -0.39 is 0 Å². The van der Waals surface area contributed by atoms with Crippen molar-refractivity contribution in [2.45, 2.75) is 45.2 Å². The van der Waals surface area contributed by atoms with Gasteiger partial charge in [-0.25, -0.2) is 0 Å². The molecule has 0 radical (unpaired) electrons. The van der Waals surface area contributed by atoms with E-state index >= 15 is 0 Å². The predicted molar refractivity (Wildman–Crippen MR) is 111 cm³/mol. The van der Waals surface area contributed by atoms with E-state index in [2.05, 4.69) is 31.1 Å². The Hall–Kier alpha value is -1.85. The number of benzene rings is 1. The molecule has 1 atom stereocenters. The highest BCUT2D eigenvalue weighted by atomic mass is 35.5. The summed E-state index contributed by atoms with van der Waals surface area (Å²) in [6.45, 7) is 5.97. The predicted octanol–water partition coefficient (Wildman–Crippen LogP) is 3.19.